The zero-order chi connectivity index (χ0) is 17.9. The van der Waals surface area contributed by atoms with Gasteiger partial charge in [-0.2, -0.15) is 0 Å². The van der Waals surface area contributed by atoms with Gasteiger partial charge in [0.1, 0.15) is 0 Å². The molecule has 3 rings (SSSR count). The number of benzene rings is 2. The first-order valence-corrected chi connectivity index (χ1v) is 8.51. The van der Waals surface area contributed by atoms with Crippen LogP contribution >= 0.6 is 0 Å². The maximum Gasteiger partial charge on any atom is 0.335 e. The highest BCUT2D eigenvalue weighted by Crippen LogP contribution is 2.47. The van der Waals surface area contributed by atoms with Crippen molar-refractivity contribution in [1.82, 2.24) is 0 Å². The lowest BCUT2D eigenvalue weighted by atomic mass is 9.79. The van der Waals surface area contributed by atoms with Gasteiger partial charge in [0.15, 0.2) is 5.60 Å². The van der Waals surface area contributed by atoms with Gasteiger partial charge in [0.2, 0.25) is 0 Å². The summed E-state index contributed by atoms with van der Waals surface area (Å²) in [6.45, 7) is 8.08. The van der Waals surface area contributed by atoms with Crippen molar-refractivity contribution in [1.29, 1.82) is 0 Å². The van der Waals surface area contributed by atoms with E-state index in [1.807, 2.05) is 86.7 Å². The maximum absolute atomic E-state index is 12.4. The third kappa shape index (κ3) is 3.08. The molecule has 2 aromatic rings. The van der Waals surface area contributed by atoms with Gasteiger partial charge in [-0.25, -0.2) is 4.79 Å². The molecule has 0 saturated carbocycles. The zero-order valence-electron chi connectivity index (χ0n) is 14.7. The van der Waals surface area contributed by atoms with Crippen LogP contribution in [0, 0.1) is 0 Å². The summed E-state index contributed by atoms with van der Waals surface area (Å²) in [6, 6.07) is 19.9. The minimum Gasteiger partial charge on any atom is -0.446 e. The van der Waals surface area contributed by atoms with Crippen LogP contribution in [0.2, 0.25) is 0 Å². The lowest BCUT2D eigenvalue weighted by molar-refractivity contribution is -0.147. The third-order valence-electron chi connectivity index (χ3n) is 4.69. The third-order valence-corrected chi connectivity index (χ3v) is 4.69. The minimum atomic E-state index is -0.763. The van der Waals surface area contributed by atoms with Crippen molar-refractivity contribution in [2.75, 3.05) is 0 Å². The Bertz CT molecular complexity index is 844. The Morgan fingerprint density at radius 1 is 1.08 bits per heavy atom. The average molecular weight is 330 g/mol. The highest BCUT2D eigenvalue weighted by Gasteiger charge is 2.46. The molecular formula is C23H22O2. The number of hydrogen-bond donors (Lipinski definition) is 0. The summed E-state index contributed by atoms with van der Waals surface area (Å²) < 4.78 is 5.87. The van der Waals surface area contributed by atoms with Crippen molar-refractivity contribution >= 4 is 12.0 Å². The fourth-order valence-corrected chi connectivity index (χ4v) is 3.40. The van der Waals surface area contributed by atoms with Gasteiger partial charge in [0.05, 0.1) is 0 Å². The van der Waals surface area contributed by atoms with E-state index in [0.29, 0.717) is 12.0 Å². The number of hydrogen-bond acceptors (Lipinski definition) is 2. The van der Waals surface area contributed by atoms with Crippen LogP contribution in [-0.2, 0) is 15.1 Å². The van der Waals surface area contributed by atoms with Crippen molar-refractivity contribution in [3.63, 3.8) is 0 Å². The van der Waals surface area contributed by atoms with Crippen LogP contribution in [0.3, 0.4) is 0 Å². The highest BCUT2D eigenvalue weighted by atomic mass is 16.6. The molecule has 126 valence electrons. The first-order valence-electron chi connectivity index (χ1n) is 8.51. The fourth-order valence-electron chi connectivity index (χ4n) is 3.40. The monoisotopic (exact) mass is 330 g/mol. The van der Waals surface area contributed by atoms with Gasteiger partial charge in [0, 0.05) is 16.7 Å². The van der Waals surface area contributed by atoms with Crippen molar-refractivity contribution < 1.29 is 9.53 Å². The smallest absolute Gasteiger partial charge is 0.335 e. The number of rotatable bonds is 5. The molecule has 0 aromatic heterocycles. The van der Waals surface area contributed by atoms with Crippen LogP contribution < -0.4 is 0 Å². The van der Waals surface area contributed by atoms with E-state index in [1.54, 1.807) is 0 Å². The first kappa shape index (κ1) is 17.0. The predicted molar refractivity (Wildman–Crippen MR) is 102 cm³/mol. The highest BCUT2D eigenvalue weighted by molar-refractivity contribution is 5.94. The Morgan fingerprint density at radius 3 is 2.28 bits per heavy atom. The largest absolute Gasteiger partial charge is 0.446 e. The van der Waals surface area contributed by atoms with Crippen LogP contribution in [0.1, 0.15) is 31.4 Å². The van der Waals surface area contributed by atoms with Gasteiger partial charge >= 0.3 is 5.97 Å². The maximum atomic E-state index is 12.4. The molecule has 1 atom stereocenters. The van der Waals surface area contributed by atoms with Gasteiger partial charge in [0.25, 0.3) is 0 Å². The van der Waals surface area contributed by atoms with Crippen LogP contribution in [0.15, 0.2) is 90.0 Å². The van der Waals surface area contributed by atoms with Crippen LogP contribution in [-0.4, -0.2) is 5.97 Å². The molecule has 0 spiro atoms. The summed E-state index contributed by atoms with van der Waals surface area (Å²) in [5, 5.41) is 0. The Kier molecular flexibility index (Phi) is 4.71. The van der Waals surface area contributed by atoms with Crippen molar-refractivity contribution in [2.45, 2.75) is 25.9 Å². The second-order valence-corrected chi connectivity index (χ2v) is 6.21. The van der Waals surface area contributed by atoms with E-state index < -0.39 is 5.60 Å². The van der Waals surface area contributed by atoms with E-state index in [0.717, 1.165) is 22.3 Å². The topological polar surface area (TPSA) is 26.3 Å². The molecule has 0 aliphatic carbocycles. The predicted octanol–water partition coefficient (Wildman–Crippen LogP) is 5.43. The molecule has 0 saturated heterocycles. The molecule has 2 heteroatoms. The summed E-state index contributed by atoms with van der Waals surface area (Å²) in [7, 11) is 0. The fraction of sp³-hybridized carbons (Fsp3) is 0.174. The van der Waals surface area contributed by atoms with Gasteiger partial charge in [-0.15, -0.1) is 0 Å². The van der Waals surface area contributed by atoms with Crippen molar-refractivity contribution in [2.24, 2.45) is 0 Å². The molecule has 0 amide bonds. The van der Waals surface area contributed by atoms with E-state index in [-0.39, 0.29) is 5.97 Å². The lowest BCUT2D eigenvalue weighted by Gasteiger charge is -2.31. The Labute approximate surface area is 149 Å². The molecule has 1 unspecified atom stereocenters. The summed E-state index contributed by atoms with van der Waals surface area (Å²) in [6.07, 6.45) is 4.63. The number of esters is 1. The normalized spacial score (nSPS) is 20.2. The summed E-state index contributed by atoms with van der Waals surface area (Å²) in [5.74, 6) is -0.269. The second kappa shape index (κ2) is 6.94. The van der Waals surface area contributed by atoms with E-state index in [1.165, 1.54) is 0 Å². The van der Waals surface area contributed by atoms with E-state index in [2.05, 4.69) is 6.58 Å². The molecule has 25 heavy (non-hydrogen) atoms. The Hall–Kier alpha value is -2.87. The Morgan fingerprint density at radius 2 is 1.68 bits per heavy atom. The number of allylic oxidation sites excluding steroid dienone is 1. The summed E-state index contributed by atoms with van der Waals surface area (Å²) in [5.41, 5.74) is 3.62. The molecule has 0 N–H and O–H groups in total. The summed E-state index contributed by atoms with van der Waals surface area (Å²) in [4.78, 5) is 12.4. The zero-order valence-corrected chi connectivity index (χ0v) is 14.7. The lowest BCUT2D eigenvalue weighted by Crippen LogP contribution is -2.29. The first-order chi connectivity index (χ1) is 12.1. The van der Waals surface area contributed by atoms with E-state index in [9.17, 15) is 4.79 Å². The molecule has 0 bridgehead atoms. The van der Waals surface area contributed by atoms with Crippen LogP contribution in [0.25, 0.3) is 6.08 Å². The van der Waals surface area contributed by atoms with Gasteiger partial charge in [-0.3, -0.25) is 0 Å². The van der Waals surface area contributed by atoms with Gasteiger partial charge < -0.3 is 4.74 Å². The van der Waals surface area contributed by atoms with Gasteiger partial charge in [-0.05, 0) is 24.5 Å². The second-order valence-electron chi connectivity index (χ2n) is 6.21. The van der Waals surface area contributed by atoms with Crippen LogP contribution in [0.4, 0.5) is 0 Å². The quantitative estimate of drug-likeness (QED) is 0.539. The molecule has 1 aliphatic rings. The van der Waals surface area contributed by atoms with Gasteiger partial charge in [-0.1, -0.05) is 86.3 Å². The molecule has 2 aromatic carbocycles. The molecule has 1 heterocycles. The SMILES string of the molecule is C=C(/C=C/c1ccccc1)C1=C(C)C(=O)OC1(CC)c1ccccc1. The number of ether oxygens (including phenoxy) is 1. The molecule has 2 nitrogen and oxygen atoms in total. The molecule has 0 radical (unpaired) electrons. The molecule has 1 aliphatic heterocycles. The average Bonchev–Trinajstić information content (AvgIpc) is 2.93. The number of carbonyl (C=O) groups excluding carboxylic acids is 1. The Balaban J connectivity index is 2.03. The van der Waals surface area contributed by atoms with Crippen LogP contribution in [0.5, 0.6) is 0 Å². The van der Waals surface area contributed by atoms with Crippen molar-refractivity contribution in [3.8, 4) is 0 Å². The number of carbonyl (C=O) groups is 1. The standard InChI is InChI=1S/C23H22O2/c1-4-23(20-13-9-6-10-14-20)21(18(3)22(24)25-23)17(2)15-16-19-11-7-5-8-12-19/h5-16H,2,4H2,1,3H3/b16-15+. The van der Waals surface area contributed by atoms with E-state index in [4.69, 9.17) is 4.74 Å². The number of cyclic esters (lactones) is 1. The van der Waals surface area contributed by atoms with E-state index >= 15 is 0 Å². The molecular weight excluding hydrogens is 308 g/mol. The summed E-state index contributed by atoms with van der Waals surface area (Å²) >= 11 is 0. The molecule has 0 fully saturated rings. The minimum absolute atomic E-state index is 0.269. The van der Waals surface area contributed by atoms with Crippen molar-refractivity contribution in [3.05, 3.63) is 101 Å².